The first kappa shape index (κ1) is 11.0. The first-order chi connectivity index (χ1) is 7.15. The molecule has 0 radical (unpaired) electrons. The summed E-state index contributed by atoms with van der Waals surface area (Å²) in [6.07, 6.45) is 1.41. The summed E-state index contributed by atoms with van der Waals surface area (Å²) in [6, 6.07) is 1.63. The van der Waals surface area contributed by atoms with Gasteiger partial charge in [0.2, 0.25) is 5.91 Å². The van der Waals surface area contributed by atoms with Crippen molar-refractivity contribution in [3.05, 3.63) is 18.0 Å². The number of carbonyl (C=O) groups excluding carboxylic acids is 1. The van der Waals surface area contributed by atoms with E-state index in [4.69, 9.17) is 10.9 Å². The summed E-state index contributed by atoms with van der Waals surface area (Å²) < 4.78 is 4.59. The third-order valence-electron chi connectivity index (χ3n) is 1.89. The molecule has 7 nitrogen and oxygen atoms in total. The van der Waals surface area contributed by atoms with Crippen LogP contribution in [-0.4, -0.2) is 22.1 Å². The van der Waals surface area contributed by atoms with Gasteiger partial charge in [0.15, 0.2) is 5.84 Å². The van der Waals surface area contributed by atoms with E-state index in [2.05, 4.69) is 20.2 Å². The molecule has 1 rings (SSSR count). The molecule has 1 heterocycles. The van der Waals surface area contributed by atoms with E-state index in [-0.39, 0.29) is 18.3 Å². The first-order valence-electron chi connectivity index (χ1n) is 4.29. The molecular formula is C8H12N4O3. The summed E-state index contributed by atoms with van der Waals surface area (Å²) in [5, 5.41) is 17.3. The summed E-state index contributed by atoms with van der Waals surface area (Å²) in [4.78, 5) is 11.4. The minimum atomic E-state index is -0.679. The molecule has 0 saturated heterocycles. The van der Waals surface area contributed by atoms with Crippen LogP contribution in [0.1, 0.15) is 12.6 Å². The lowest BCUT2D eigenvalue weighted by atomic mass is 10.1. The zero-order chi connectivity index (χ0) is 11.3. The van der Waals surface area contributed by atoms with Crippen molar-refractivity contribution in [1.29, 1.82) is 0 Å². The Bertz CT molecular complexity index is 347. The third-order valence-corrected chi connectivity index (χ3v) is 1.89. The van der Waals surface area contributed by atoms with E-state index in [1.807, 2.05) is 0 Å². The van der Waals surface area contributed by atoms with E-state index < -0.39 is 5.92 Å². The molecule has 0 saturated carbocycles. The van der Waals surface area contributed by atoms with Crippen molar-refractivity contribution in [2.24, 2.45) is 16.8 Å². The van der Waals surface area contributed by atoms with Crippen LogP contribution in [-0.2, 0) is 11.3 Å². The topological polar surface area (TPSA) is 114 Å². The lowest BCUT2D eigenvalue weighted by molar-refractivity contribution is -0.122. The smallest absolute Gasteiger partial charge is 0.230 e. The number of carbonyl (C=O) groups is 1. The van der Waals surface area contributed by atoms with Gasteiger partial charge in [-0.1, -0.05) is 10.3 Å². The van der Waals surface area contributed by atoms with E-state index in [0.717, 1.165) is 0 Å². The summed E-state index contributed by atoms with van der Waals surface area (Å²) in [6.45, 7) is 1.78. The van der Waals surface area contributed by atoms with Gasteiger partial charge in [0.25, 0.3) is 0 Å². The number of nitrogens with two attached hydrogens (primary N) is 1. The van der Waals surface area contributed by atoms with Crippen LogP contribution in [0.4, 0.5) is 0 Å². The Labute approximate surface area is 85.9 Å². The molecule has 7 heteroatoms. The molecular weight excluding hydrogens is 200 g/mol. The number of nitrogens with one attached hydrogen (secondary N) is 1. The van der Waals surface area contributed by atoms with E-state index in [1.165, 1.54) is 13.2 Å². The number of nitrogens with zero attached hydrogens (tertiary/aromatic N) is 2. The van der Waals surface area contributed by atoms with Crippen molar-refractivity contribution < 1.29 is 14.5 Å². The fourth-order valence-electron chi connectivity index (χ4n) is 0.880. The quantitative estimate of drug-likeness (QED) is 0.274. The van der Waals surface area contributed by atoms with Crippen LogP contribution in [0.2, 0.25) is 0 Å². The third kappa shape index (κ3) is 2.97. The second-order valence-electron chi connectivity index (χ2n) is 2.96. The van der Waals surface area contributed by atoms with E-state index in [1.54, 1.807) is 6.07 Å². The molecule has 0 fully saturated rings. The Morgan fingerprint density at radius 1 is 1.87 bits per heavy atom. The molecule has 0 bridgehead atoms. The Morgan fingerprint density at radius 3 is 3.13 bits per heavy atom. The molecule has 0 aliphatic heterocycles. The van der Waals surface area contributed by atoms with Crippen LogP contribution in [0, 0.1) is 5.92 Å². The fourth-order valence-corrected chi connectivity index (χ4v) is 0.880. The molecule has 1 aromatic heterocycles. The van der Waals surface area contributed by atoms with Crippen molar-refractivity contribution in [3.63, 3.8) is 0 Å². The van der Waals surface area contributed by atoms with Crippen LogP contribution < -0.4 is 11.1 Å². The molecule has 4 N–H and O–H groups in total. The Hall–Kier alpha value is -2.05. The minimum absolute atomic E-state index is 0.132. The van der Waals surface area contributed by atoms with Crippen LogP contribution in [0.5, 0.6) is 0 Å². The molecule has 82 valence electrons. The van der Waals surface area contributed by atoms with E-state index >= 15 is 0 Å². The van der Waals surface area contributed by atoms with Gasteiger partial charge in [0.05, 0.1) is 12.5 Å². The zero-order valence-corrected chi connectivity index (χ0v) is 8.17. The number of rotatable bonds is 4. The first-order valence-corrected chi connectivity index (χ1v) is 4.29. The van der Waals surface area contributed by atoms with Crippen LogP contribution in [0.3, 0.4) is 0 Å². The lowest BCUT2D eigenvalue weighted by Crippen LogP contribution is -2.36. The second-order valence-corrected chi connectivity index (χ2v) is 2.96. The molecule has 1 aromatic rings. The predicted molar refractivity (Wildman–Crippen MR) is 50.9 cm³/mol. The average molecular weight is 212 g/mol. The van der Waals surface area contributed by atoms with Gasteiger partial charge in [-0.3, -0.25) is 4.79 Å². The summed E-state index contributed by atoms with van der Waals surface area (Å²) in [5.74, 6) is -1.15. The summed E-state index contributed by atoms with van der Waals surface area (Å²) in [7, 11) is 0. The fraction of sp³-hybridized carbons (Fsp3) is 0.375. The highest BCUT2D eigenvalue weighted by molar-refractivity contribution is 6.01. The maximum atomic E-state index is 11.4. The summed E-state index contributed by atoms with van der Waals surface area (Å²) >= 11 is 0. The van der Waals surface area contributed by atoms with Gasteiger partial charge in [-0.2, -0.15) is 0 Å². The van der Waals surface area contributed by atoms with Crippen LogP contribution in [0.15, 0.2) is 22.0 Å². The molecule has 0 aromatic carbocycles. The van der Waals surface area contributed by atoms with E-state index in [0.29, 0.717) is 5.69 Å². The Morgan fingerprint density at radius 2 is 2.60 bits per heavy atom. The maximum Gasteiger partial charge on any atom is 0.230 e. The van der Waals surface area contributed by atoms with Gasteiger partial charge in [0.1, 0.15) is 12.0 Å². The number of aromatic nitrogens is 1. The van der Waals surface area contributed by atoms with E-state index in [9.17, 15) is 4.79 Å². The number of amides is 1. The SMILES string of the molecule is CC(C(=O)NCc1ccon1)/C(N)=N/O. The zero-order valence-electron chi connectivity index (χ0n) is 8.17. The number of amidine groups is 1. The maximum absolute atomic E-state index is 11.4. The van der Waals surface area contributed by atoms with Gasteiger partial charge in [-0.15, -0.1) is 0 Å². The van der Waals surface area contributed by atoms with Gasteiger partial charge < -0.3 is 20.8 Å². The molecule has 0 aliphatic carbocycles. The van der Waals surface area contributed by atoms with Crippen LogP contribution >= 0.6 is 0 Å². The lowest BCUT2D eigenvalue weighted by Gasteiger charge is -2.08. The Balaban J connectivity index is 2.43. The molecule has 1 unspecified atom stereocenters. The molecule has 15 heavy (non-hydrogen) atoms. The molecule has 1 atom stereocenters. The van der Waals surface area contributed by atoms with Gasteiger partial charge >= 0.3 is 0 Å². The standard InChI is InChI=1S/C8H12N4O3/c1-5(7(9)11-14)8(13)10-4-6-2-3-15-12-6/h2-3,5,14H,4H2,1H3,(H2,9,11)(H,10,13). The van der Waals surface area contributed by atoms with Gasteiger partial charge in [-0.25, -0.2) is 0 Å². The van der Waals surface area contributed by atoms with Crippen LogP contribution in [0.25, 0.3) is 0 Å². The predicted octanol–water partition coefficient (Wildman–Crippen LogP) is -0.327. The average Bonchev–Trinajstić information content (AvgIpc) is 2.76. The van der Waals surface area contributed by atoms with Gasteiger partial charge in [-0.05, 0) is 6.92 Å². The highest BCUT2D eigenvalue weighted by Crippen LogP contribution is 1.97. The van der Waals surface area contributed by atoms with Crippen molar-refractivity contribution >= 4 is 11.7 Å². The molecule has 0 aliphatic rings. The van der Waals surface area contributed by atoms with Crippen molar-refractivity contribution in [2.45, 2.75) is 13.5 Å². The highest BCUT2D eigenvalue weighted by atomic mass is 16.5. The van der Waals surface area contributed by atoms with Crippen molar-refractivity contribution in [2.75, 3.05) is 0 Å². The summed E-state index contributed by atoms with van der Waals surface area (Å²) in [5.41, 5.74) is 5.88. The van der Waals surface area contributed by atoms with Gasteiger partial charge in [0, 0.05) is 6.07 Å². The molecule has 1 amide bonds. The number of hydrogen-bond acceptors (Lipinski definition) is 5. The molecule has 0 spiro atoms. The highest BCUT2D eigenvalue weighted by Gasteiger charge is 2.17. The number of hydrogen-bond donors (Lipinski definition) is 3. The second kappa shape index (κ2) is 4.99. The monoisotopic (exact) mass is 212 g/mol. The van der Waals surface area contributed by atoms with Crippen molar-refractivity contribution in [3.8, 4) is 0 Å². The number of oxime groups is 1. The van der Waals surface area contributed by atoms with Crippen molar-refractivity contribution in [1.82, 2.24) is 10.5 Å². The Kier molecular flexibility index (Phi) is 3.67. The largest absolute Gasteiger partial charge is 0.409 e. The normalized spacial score (nSPS) is 13.5. The minimum Gasteiger partial charge on any atom is -0.409 e.